The number of aryl methyl sites for hydroxylation is 1. The Morgan fingerprint density at radius 3 is 3.15 bits per heavy atom. The van der Waals surface area contributed by atoms with Gasteiger partial charge in [0.15, 0.2) is 0 Å². The molecule has 0 amide bonds. The van der Waals surface area contributed by atoms with Gasteiger partial charge in [0.05, 0.1) is 24.3 Å². The van der Waals surface area contributed by atoms with Crippen molar-refractivity contribution in [2.75, 3.05) is 0 Å². The summed E-state index contributed by atoms with van der Waals surface area (Å²) in [6, 6.07) is 5.74. The van der Waals surface area contributed by atoms with Crippen molar-refractivity contribution in [1.29, 1.82) is 0 Å². The lowest BCUT2D eigenvalue weighted by molar-refractivity contribution is 0.0617. The smallest absolute Gasteiger partial charge is 0.143 e. The molecule has 4 nitrogen and oxygen atoms in total. The van der Waals surface area contributed by atoms with Crippen LogP contribution in [0.1, 0.15) is 43.2 Å². The fourth-order valence-electron chi connectivity index (χ4n) is 2.62. The van der Waals surface area contributed by atoms with Crippen molar-refractivity contribution in [3.63, 3.8) is 0 Å². The number of imidazole rings is 1. The number of aliphatic hydroxyl groups excluding tert-OH is 1. The Labute approximate surface area is 126 Å². The highest BCUT2D eigenvalue weighted by Gasteiger charge is 2.29. The first kappa shape index (κ1) is 13.6. The molecule has 0 aliphatic carbocycles. The van der Waals surface area contributed by atoms with Gasteiger partial charge in [0.1, 0.15) is 11.9 Å². The third kappa shape index (κ3) is 2.47. The van der Waals surface area contributed by atoms with Gasteiger partial charge < -0.3 is 14.4 Å². The summed E-state index contributed by atoms with van der Waals surface area (Å²) in [5.41, 5.74) is 1.88. The van der Waals surface area contributed by atoms with Crippen LogP contribution in [0, 0.1) is 0 Å². The van der Waals surface area contributed by atoms with E-state index in [-0.39, 0.29) is 6.10 Å². The molecule has 1 aromatic carbocycles. The van der Waals surface area contributed by atoms with Crippen LogP contribution >= 0.6 is 15.9 Å². The van der Waals surface area contributed by atoms with E-state index in [1.807, 2.05) is 30.7 Å². The number of hydrogen-bond acceptors (Lipinski definition) is 3. The molecule has 0 radical (unpaired) electrons. The largest absolute Gasteiger partial charge is 0.484 e. The molecule has 0 bridgehead atoms. The van der Waals surface area contributed by atoms with Gasteiger partial charge in [-0.15, -0.1) is 0 Å². The zero-order valence-corrected chi connectivity index (χ0v) is 12.9. The molecular formula is C15H17BrN2O2. The van der Waals surface area contributed by atoms with Gasteiger partial charge in [-0.25, -0.2) is 4.98 Å². The minimum absolute atomic E-state index is 0.152. The van der Waals surface area contributed by atoms with Crippen molar-refractivity contribution in [3.05, 3.63) is 46.5 Å². The Morgan fingerprint density at radius 2 is 2.35 bits per heavy atom. The Balaban J connectivity index is 1.92. The van der Waals surface area contributed by atoms with Crippen LogP contribution in [0.25, 0.3) is 0 Å². The van der Waals surface area contributed by atoms with Crippen molar-refractivity contribution in [2.24, 2.45) is 0 Å². The van der Waals surface area contributed by atoms with E-state index in [1.165, 1.54) is 0 Å². The maximum atomic E-state index is 10.3. The highest BCUT2D eigenvalue weighted by atomic mass is 79.9. The highest BCUT2D eigenvalue weighted by molar-refractivity contribution is 9.10. The van der Waals surface area contributed by atoms with Crippen LogP contribution in [0.4, 0.5) is 0 Å². The van der Waals surface area contributed by atoms with Gasteiger partial charge >= 0.3 is 0 Å². The fraction of sp³-hybridized carbons (Fsp3) is 0.400. The van der Waals surface area contributed by atoms with Gasteiger partial charge in [-0.2, -0.15) is 0 Å². The fourth-order valence-corrected chi connectivity index (χ4v) is 2.96. The second-order valence-corrected chi connectivity index (χ2v) is 5.97. The number of aliphatic hydroxyl groups is 1. The Bertz CT molecular complexity index is 612. The molecule has 0 saturated carbocycles. The molecule has 1 aliphatic rings. The zero-order chi connectivity index (χ0) is 14.1. The Kier molecular flexibility index (Phi) is 3.81. The lowest BCUT2D eigenvalue weighted by Gasteiger charge is -2.30. The average Bonchev–Trinajstić information content (AvgIpc) is 2.86. The van der Waals surface area contributed by atoms with E-state index < -0.39 is 6.10 Å². The van der Waals surface area contributed by atoms with E-state index in [4.69, 9.17) is 4.74 Å². The molecule has 1 aliphatic heterocycles. The molecule has 20 heavy (non-hydrogen) atoms. The van der Waals surface area contributed by atoms with Crippen molar-refractivity contribution in [2.45, 2.75) is 38.5 Å². The summed E-state index contributed by atoms with van der Waals surface area (Å²) in [5.74, 6) is 0.743. The zero-order valence-electron chi connectivity index (χ0n) is 11.3. The molecule has 0 fully saturated rings. The molecule has 1 unspecified atom stereocenters. The number of aromatic nitrogens is 2. The van der Waals surface area contributed by atoms with Gasteiger partial charge in [0.25, 0.3) is 0 Å². The number of benzene rings is 1. The number of nitrogens with zero attached hydrogens (tertiary/aromatic N) is 2. The van der Waals surface area contributed by atoms with Crippen molar-refractivity contribution in [3.8, 4) is 5.75 Å². The third-order valence-corrected chi connectivity index (χ3v) is 4.07. The van der Waals surface area contributed by atoms with Crippen molar-refractivity contribution < 1.29 is 9.84 Å². The summed E-state index contributed by atoms with van der Waals surface area (Å²) in [4.78, 5) is 4.21. The van der Waals surface area contributed by atoms with Gasteiger partial charge in [-0.3, -0.25) is 0 Å². The average molecular weight is 337 g/mol. The summed E-state index contributed by atoms with van der Waals surface area (Å²) in [6.07, 6.45) is 4.61. The van der Waals surface area contributed by atoms with Crippen LogP contribution in [0.5, 0.6) is 5.75 Å². The number of rotatable bonds is 3. The summed E-state index contributed by atoms with van der Waals surface area (Å²) >= 11 is 3.44. The summed E-state index contributed by atoms with van der Waals surface area (Å²) in [6.45, 7) is 3.05. The molecule has 0 saturated heterocycles. The SMILES string of the molecule is CCCn1cncc1C1C[C@@H](O)c2ccc(Br)cc2O1. The molecule has 1 aromatic heterocycles. The Hall–Kier alpha value is -1.33. The quantitative estimate of drug-likeness (QED) is 0.931. The first-order chi connectivity index (χ1) is 9.69. The molecule has 2 heterocycles. The number of halogens is 1. The van der Waals surface area contributed by atoms with Crippen molar-refractivity contribution in [1.82, 2.24) is 9.55 Å². The van der Waals surface area contributed by atoms with Crippen LogP contribution < -0.4 is 4.74 Å². The summed E-state index contributed by atoms with van der Waals surface area (Å²) < 4.78 is 9.11. The Morgan fingerprint density at radius 1 is 1.50 bits per heavy atom. The van der Waals surface area contributed by atoms with Gasteiger partial charge in [-0.1, -0.05) is 28.9 Å². The van der Waals surface area contributed by atoms with Crippen LogP contribution in [0.2, 0.25) is 0 Å². The second-order valence-electron chi connectivity index (χ2n) is 5.05. The molecule has 2 atom stereocenters. The third-order valence-electron chi connectivity index (χ3n) is 3.58. The number of ether oxygens (including phenoxy) is 1. The highest BCUT2D eigenvalue weighted by Crippen LogP contribution is 2.41. The standard InChI is InChI=1S/C15H17BrN2O2/c1-2-5-18-9-17-8-12(18)15-7-13(19)11-4-3-10(16)6-14(11)20-15/h3-4,6,8-9,13,15,19H,2,5,7H2,1H3/t13-,15?/m1/s1. The lowest BCUT2D eigenvalue weighted by atomic mass is 9.97. The molecule has 5 heteroatoms. The predicted octanol–water partition coefficient (Wildman–Crippen LogP) is 3.61. The van der Waals surface area contributed by atoms with E-state index in [1.54, 1.807) is 0 Å². The minimum Gasteiger partial charge on any atom is -0.484 e. The van der Waals surface area contributed by atoms with Crippen LogP contribution in [0.3, 0.4) is 0 Å². The summed E-state index contributed by atoms with van der Waals surface area (Å²) in [7, 11) is 0. The minimum atomic E-state index is -0.498. The topological polar surface area (TPSA) is 47.3 Å². The summed E-state index contributed by atoms with van der Waals surface area (Å²) in [5, 5.41) is 10.3. The molecule has 3 rings (SSSR count). The van der Waals surface area contributed by atoms with Crippen molar-refractivity contribution >= 4 is 15.9 Å². The van der Waals surface area contributed by atoms with E-state index in [9.17, 15) is 5.11 Å². The predicted molar refractivity (Wildman–Crippen MR) is 79.6 cm³/mol. The van der Waals surface area contributed by atoms with Crippen LogP contribution in [-0.2, 0) is 6.54 Å². The number of hydrogen-bond donors (Lipinski definition) is 1. The monoisotopic (exact) mass is 336 g/mol. The molecule has 106 valence electrons. The van der Waals surface area contributed by atoms with Crippen LogP contribution in [0.15, 0.2) is 35.2 Å². The molecule has 1 N–H and O–H groups in total. The van der Waals surface area contributed by atoms with Crippen LogP contribution in [-0.4, -0.2) is 14.7 Å². The normalized spacial score (nSPS) is 21.4. The van der Waals surface area contributed by atoms with Gasteiger partial charge in [0, 0.05) is 23.0 Å². The lowest BCUT2D eigenvalue weighted by Crippen LogP contribution is -2.21. The first-order valence-corrected chi connectivity index (χ1v) is 7.62. The van der Waals surface area contributed by atoms with Gasteiger partial charge in [-0.05, 0) is 18.6 Å². The van der Waals surface area contributed by atoms with Gasteiger partial charge in [0.2, 0.25) is 0 Å². The maximum Gasteiger partial charge on any atom is 0.143 e. The molecule has 0 spiro atoms. The number of fused-ring (bicyclic) bond motifs is 1. The first-order valence-electron chi connectivity index (χ1n) is 6.83. The van der Waals surface area contributed by atoms with E-state index in [0.717, 1.165) is 34.4 Å². The second kappa shape index (κ2) is 5.58. The van der Waals surface area contributed by atoms with E-state index >= 15 is 0 Å². The molecule has 2 aromatic rings. The maximum absolute atomic E-state index is 10.3. The van der Waals surface area contributed by atoms with E-state index in [0.29, 0.717) is 6.42 Å². The molecular weight excluding hydrogens is 320 g/mol. The van der Waals surface area contributed by atoms with E-state index in [2.05, 4.69) is 32.4 Å².